The van der Waals surface area contributed by atoms with Crippen LogP contribution >= 0.6 is 0 Å². The minimum absolute atomic E-state index is 0.481. The van der Waals surface area contributed by atoms with E-state index in [4.69, 9.17) is 5.73 Å². The van der Waals surface area contributed by atoms with Crippen LogP contribution in [-0.2, 0) is 0 Å². The Labute approximate surface area is 68.7 Å². The maximum absolute atomic E-state index is 6.05. The molecule has 0 aromatic carbocycles. The molecule has 2 heteroatoms. The summed E-state index contributed by atoms with van der Waals surface area (Å²) in [7, 11) is 0. The molecule has 2 aliphatic rings. The number of nitrogens with two attached hydrogens (primary N) is 1. The first kappa shape index (κ1) is 7.56. The third kappa shape index (κ3) is 1.18. The Balaban J connectivity index is 1.91. The molecule has 2 rings (SSSR count). The SMILES string of the molecule is CCCN1C[C@H](N)C2(CC2)C1. The topological polar surface area (TPSA) is 29.3 Å². The second-order valence-corrected chi connectivity index (χ2v) is 4.20. The van der Waals surface area contributed by atoms with Crippen molar-refractivity contribution in [1.29, 1.82) is 0 Å². The Morgan fingerprint density at radius 1 is 1.55 bits per heavy atom. The predicted molar refractivity (Wildman–Crippen MR) is 46.4 cm³/mol. The Morgan fingerprint density at radius 2 is 2.27 bits per heavy atom. The molecule has 2 fully saturated rings. The Bertz CT molecular complexity index is 152. The summed E-state index contributed by atoms with van der Waals surface area (Å²) in [6.45, 7) is 5.91. The average Bonchev–Trinajstić information content (AvgIpc) is 2.63. The van der Waals surface area contributed by atoms with Crippen molar-refractivity contribution in [1.82, 2.24) is 4.90 Å². The van der Waals surface area contributed by atoms with Crippen molar-refractivity contribution >= 4 is 0 Å². The summed E-state index contributed by atoms with van der Waals surface area (Å²) < 4.78 is 0. The summed E-state index contributed by atoms with van der Waals surface area (Å²) in [4.78, 5) is 2.53. The highest BCUT2D eigenvalue weighted by Crippen LogP contribution is 2.51. The molecular weight excluding hydrogens is 136 g/mol. The van der Waals surface area contributed by atoms with Crippen LogP contribution in [0.1, 0.15) is 26.2 Å². The number of rotatable bonds is 2. The molecule has 0 amide bonds. The van der Waals surface area contributed by atoms with E-state index in [1.807, 2.05) is 0 Å². The fourth-order valence-electron chi connectivity index (χ4n) is 2.27. The van der Waals surface area contributed by atoms with Gasteiger partial charge in [0.05, 0.1) is 0 Å². The van der Waals surface area contributed by atoms with Crippen molar-refractivity contribution in [3.05, 3.63) is 0 Å². The fourth-order valence-corrected chi connectivity index (χ4v) is 2.27. The monoisotopic (exact) mass is 154 g/mol. The van der Waals surface area contributed by atoms with Gasteiger partial charge in [0.25, 0.3) is 0 Å². The highest BCUT2D eigenvalue weighted by Gasteiger charge is 2.52. The number of nitrogens with zero attached hydrogens (tertiary/aromatic N) is 1. The van der Waals surface area contributed by atoms with Gasteiger partial charge in [0.2, 0.25) is 0 Å². The zero-order valence-corrected chi connectivity index (χ0v) is 7.34. The number of likely N-dealkylation sites (tertiary alicyclic amines) is 1. The molecule has 1 saturated carbocycles. The molecule has 0 aromatic rings. The molecule has 1 saturated heterocycles. The molecule has 11 heavy (non-hydrogen) atoms. The molecule has 2 N–H and O–H groups in total. The van der Waals surface area contributed by atoms with Crippen LogP contribution in [0.5, 0.6) is 0 Å². The summed E-state index contributed by atoms with van der Waals surface area (Å²) in [6, 6.07) is 0.481. The third-order valence-electron chi connectivity index (χ3n) is 3.21. The van der Waals surface area contributed by atoms with E-state index >= 15 is 0 Å². The lowest BCUT2D eigenvalue weighted by atomic mass is 10.0. The van der Waals surface area contributed by atoms with Gasteiger partial charge < -0.3 is 10.6 Å². The van der Waals surface area contributed by atoms with Gasteiger partial charge in [-0.1, -0.05) is 6.92 Å². The first-order valence-corrected chi connectivity index (χ1v) is 4.75. The molecule has 1 heterocycles. The second-order valence-electron chi connectivity index (χ2n) is 4.20. The zero-order chi connectivity index (χ0) is 7.90. The summed E-state index contributed by atoms with van der Waals surface area (Å²) in [5.41, 5.74) is 6.63. The van der Waals surface area contributed by atoms with Crippen LogP contribution in [0.2, 0.25) is 0 Å². The van der Waals surface area contributed by atoms with Gasteiger partial charge in [-0.2, -0.15) is 0 Å². The van der Waals surface area contributed by atoms with Gasteiger partial charge in [0, 0.05) is 19.1 Å². The normalized spacial score (nSPS) is 34.9. The van der Waals surface area contributed by atoms with Gasteiger partial charge in [-0.15, -0.1) is 0 Å². The van der Waals surface area contributed by atoms with Crippen molar-refractivity contribution in [2.75, 3.05) is 19.6 Å². The van der Waals surface area contributed by atoms with E-state index in [1.54, 1.807) is 0 Å². The largest absolute Gasteiger partial charge is 0.326 e. The van der Waals surface area contributed by atoms with E-state index < -0.39 is 0 Å². The lowest BCUT2D eigenvalue weighted by molar-refractivity contribution is 0.320. The van der Waals surface area contributed by atoms with Crippen LogP contribution in [0.25, 0.3) is 0 Å². The van der Waals surface area contributed by atoms with E-state index in [2.05, 4.69) is 11.8 Å². The molecule has 0 bridgehead atoms. The van der Waals surface area contributed by atoms with E-state index in [-0.39, 0.29) is 0 Å². The van der Waals surface area contributed by atoms with Crippen LogP contribution in [-0.4, -0.2) is 30.6 Å². The van der Waals surface area contributed by atoms with E-state index in [9.17, 15) is 0 Å². The van der Waals surface area contributed by atoms with Gasteiger partial charge in [0.1, 0.15) is 0 Å². The van der Waals surface area contributed by atoms with Crippen molar-refractivity contribution in [3.8, 4) is 0 Å². The lowest BCUT2D eigenvalue weighted by Gasteiger charge is -2.12. The van der Waals surface area contributed by atoms with Crippen molar-refractivity contribution < 1.29 is 0 Å². The molecule has 0 unspecified atom stereocenters. The van der Waals surface area contributed by atoms with Gasteiger partial charge in [-0.3, -0.25) is 0 Å². The molecule has 0 radical (unpaired) electrons. The van der Waals surface area contributed by atoms with E-state index in [1.165, 1.54) is 32.4 Å². The first-order valence-electron chi connectivity index (χ1n) is 4.75. The summed E-state index contributed by atoms with van der Waals surface area (Å²) in [5.74, 6) is 0. The number of hydrogen-bond donors (Lipinski definition) is 1. The maximum atomic E-state index is 6.05. The van der Waals surface area contributed by atoms with Crippen molar-refractivity contribution in [3.63, 3.8) is 0 Å². The molecule has 1 spiro atoms. The minimum atomic E-state index is 0.481. The molecule has 1 aliphatic carbocycles. The van der Waals surface area contributed by atoms with Crippen molar-refractivity contribution in [2.24, 2.45) is 11.1 Å². The number of hydrogen-bond acceptors (Lipinski definition) is 2. The summed E-state index contributed by atoms with van der Waals surface area (Å²) in [6.07, 6.45) is 4.03. The van der Waals surface area contributed by atoms with E-state index in [0.717, 1.165) is 6.54 Å². The summed E-state index contributed by atoms with van der Waals surface area (Å²) >= 11 is 0. The molecule has 2 nitrogen and oxygen atoms in total. The van der Waals surface area contributed by atoms with Gasteiger partial charge in [-0.05, 0) is 31.2 Å². The molecule has 1 aliphatic heterocycles. The van der Waals surface area contributed by atoms with Crippen LogP contribution in [0.4, 0.5) is 0 Å². The van der Waals surface area contributed by atoms with Crippen LogP contribution in [0.3, 0.4) is 0 Å². The Hall–Kier alpha value is -0.0800. The second kappa shape index (κ2) is 2.46. The predicted octanol–water partition coefficient (Wildman–Crippen LogP) is 0.819. The molecular formula is C9H18N2. The van der Waals surface area contributed by atoms with Gasteiger partial charge in [-0.25, -0.2) is 0 Å². The Kier molecular flexibility index (Phi) is 1.69. The minimum Gasteiger partial charge on any atom is -0.326 e. The van der Waals surface area contributed by atoms with Crippen LogP contribution < -0.4 is 5.73 Å². The zero-order valence-electron chi connectivity index (χ0n) is 7.34. The average molecular weight is 154 g/mol. The van der Waals surface area contributed by atoms with Gasteiger partial charge in [0.15, 0.2) is 0 Å². The lowest BCUT2D eigenvalue weighted by Crippen LogP contribution is -2.30. The third-order valence-corrected chi connectivity index (χ3v) is 3.21. The smallest absolute Gasteiger partial charge is 0.0237 e. The van der Waals surface area contributed by atoms with Crippen molar-refractivity contribution in [2.45, 2.75) is 32.2 Å². The maximum Gasteiger partial charge on any atom is 0.0237 e. The molecule has 0 aromatic heterocycles. The quantitative estimate of drug-likeness (QED) is 0.638. The highest BCUT2D eigenvalue weighted by molar-refractivity contribution is 5.08. The van der Waals surface area contributed by atoms with Crippen LogP contribution in [0.15, 0.2) is 0 Å². The molecule has 1 atom stereocenters. The fraction of sp³-hybridized carbons (Fsp3) is 1.00. The molecule has 64 valence electrons. The highest BCUT2D eigenvalue weighted by atomic mass is 15.2. The standard InChI is InChI=1S/C9H18N2/c1-2-5-11-6-8(10)9(7-11)3-4-9/h8H,2-7,10H2,1H3/t8-/m0/s1. The van der Waals surface area contributed by atoms with Gasteiger partial charge >= 0.3 is 0 Å². The summed E-state index contributed by atoms with van der Waals surface area (Å²) in [5, 5.41) is 0. The Morgan fingerprint density at radius 3 is 2.73 bits per heavy atom. The first-order chi connectivity index (χ1) is 5.27. The van der Waals surface area contributed by atoms with E-state index in [0.29, 0.717) is 11.5 Å². The van der Waals surface area contributed by atoms with Crippen LogP contribution in [0, 0.1) is 5.41 Å².